The van der Waals surface area contributed by atoms with E-state index in [2.05, 4.69) is 40.9 Å². The minimum absolute atomic E-state index is 0.0658. The molecule has 0 fully saturated rings. The molecular formula is C6H13BrO3P+. The van der Waals surface area contributed by atoms with Gasteiger partial charge in [-0.2, -0.15) is 0 Å². The Morgan fingerprint density at radius 2 is 2.00 bits per heavy atom. The number of hydrogen-bond donors (Lipinski definition) is 1. The first-order chi connectivity index (χ1) is 5.04. The van der Waals surface area contributed by atoms with Crippen LogP contribution in [0.5, 0.6) is 0 Å². The molecule has 3 nitrogen and oxygen atoms in total. The van der Waals surface area contributed by atoms with E-state index < -0.39 is 8.25 Å². The minimum atomic E-state index is -2.54. The molecule has 0 radical (unpaired) electrons. The molecule has 0 saturated heterocycles. The summed E-state index contributed by atoms with van der Waals surface area (Å²) >= 11 is 2.71. The molecule has 0 heterocycles. The number of hydrogen-bond acceptors (Lipinski definition) is 2. The zero-order chi connectivity index (χ0) is 9.28. The van der Waals surface area contributed by atoms with Gasteiger partial charge in [0, 0.05) is 4.57 Å². The summed E-state index contributed by atoms with van der Waals surface area (Å²) in [5, 5.41) is 0. The van der Waals surface area contributed by atoms with E-state index in [9.17, 15) is 4.57 Å². The molecule has 66 valence electrons. The van der Waals surface area contributed by atoms with Gasteiger partial charge in [-0.25, -0.2) is 4.52 Å². The van der Waals surface area contributed by atoms with Gasteiger partial charge >= 0.3 is 8.25 Å². The zero-order valence-corrected chi connectivity index (χ0v) is 9.19. The van der Waals surface area contributed by atoms with Crippen molar-refractivity contribution in [2.75, 3.05) is 0 Å². The third kappa shape index (κ3) is 25.5. The maximum absolute atomic E-state index is 9.64. The lowest BCUT2D eigenvalue weighted by Crippen LogP contribution is -1.65. The molecule has 0 aliphatic carbocycles. The number of halogens is 1. The summed E-state index contributed by atoms with van der Waals surface area (Å²) in [6, 6.07) is 0. The largest absolute Gasteiger partial charge is 0.747 e. The van der Waals surface area contributed by atoms with Crippen LogP contribution >= 0.6 is 24.2 Å². The van der Waals surface area contributed by atoms with Crippen LogP contribution in [0.25, 0.3) is 0 Å². The molecule has 0 aromatic heterocycles. The Morgan fingerprint density at radius 3 is 2.00 bits per heavy atom. The van der Waals surface area contributed by atoms with Gasteiger partial charge in [-0.15, -0.1) is 4.89 Å². The van der Waals surface area contributed by atoms with E-state index in [0.717, 1.165) is 0 Å². The van der Waals surface area contributed by atoms with Crippen LogP contribution in [0.3, 0.4) is 0 Å². The summed E-state index contributed by atoms with van der Waals surface area (Å²) < 4.78 is 13.7. The van der Waals surface area contributed by atoms with Crippen molar-refractivity contribution in [2.24, 2.45) is 0 Å². The molecule has 0 saturated carbocycles. The van der Waals surface area contributed by atoms with E-state index in [1.54, 1.807) is 0 Å². The van der Waals surface area contributed by atoms with Crippen molar-refractivity contribution in [2.45, 2.75) is 26.7 Å². The second-order valence-corrected chi connectivity index (χ2v) is 3.23. The normalized spacial score (nSPS) is 9.27. The van der Waals surface area contributed by atoms with Crippen LogP contribution in [0.2, 0.25) is 0 Å². The Bertz CT molecular complexity index is 113. The summed E-state index contributed by atoms with van der Waals surface area (Å²) in [5.41, 5.74) is 0. The third-order valence-electron chi connectivity index (χ3n) is 0.677. The molecule has 0 spiro atoms. The highest BCUT2D eigenvalue weighted by Gasteiger charge is 2.11. The lowest BCUT2D eigenvalue weighted by Gasteiger charge is -1.75. The van der Waals surface area contributed by atoms with Crippen LogP contribution < -0.4 is 0 Å². The Labute approximate surface area is 76.5 Å². The van der Waals surface area contributed by atoms with Crippen molar-refractivity contribution in [3.63, 3.8) is 0 Å². The summed E-state index contributed by atoms with van der Waals surface area (Å²) in [6.45, 7) is 7.51. The number of unbranched alkanes of at least 4 members (excludes halogenated alkanes) is 1. The van der Waals surface area contributed by atoms with Gasteiger partial charge in [0.05, 0.1) is 0 Å². The Hall–Kier alpha value is 0.0800. The molecule has 1 unspecified atom stereocenters. The summed E-state index contributed by atoms with van der Waals surface area (Å²) in [4.78, 5) is 7.92. The average molecular weight is 244 g/mol. The smallest absolute Gasteiger partial charge is 0.222 e. The van der Waals surface area contributed by atoms with Crippen LogP contribution in [0, 0.1) is 0 Å². The van der Waals surface area contributed by atoms with Crippen molar-refractivity contribution in [3.8, 4) is 0 Å². The van der Waals surface area contributed by atoms with E-state index in [0.29, 0.717) is 0 Å². The van der Waals surface area contributed by atoms with Gasteiger partial charge < -0.3 is 0 Å². The highest BCUT2D eigenvalue weighted by molar-refractivity contribution is 9.11. The Balaban J connectivity index is 0. The highest BCUT2D eigenvalue weighted by Crippen LogP contribution is 2.22. The van der Waals surface area contributed by atoms with Crippen LogP contribution in [0.1, 0.15) is 26.7 Å². The van der Waals surface area contributed by atoms with Crippen LogP contribution in [-0.2, 0) is 9.09 Å². The van der Waals surface area contributed by atoms with E-state index in [-0.39, 0.29) is 4.67 Å². The van der Waals surface area contributed by atoms with Crippen LogP contribution in [0.4, 0.5) is 0 Å². The lowest BCUT2D eigenvalue weighted by molar-refractivity contribution is 0.373. The van der Waals surface area contributed by atoms with Crippen molar-refractivity contribution < 1.29 is 14.0 Å². The predicted octanol–water partition coefficient (Wildman–Crippen LogP) is 3.33. The van der Waals surface area contributed by atoms with Gasteiger partial charge in [0.15, 0.2) is 0 Å². The average Bonchev–Trinajstić information content (AvgIpc) is 1.85. The molecule has 1 N–H and O–H groups in total. The molecule has 5 heteroatoms. The molecule has 11 heavy (non-hydrogen) atoms. The van der Waals surface area contributed by atoms with Gasteiger partial charge in [-0.1, -0.05) is 26.7 Å². The van der Waals surface area contributed by atoms with Crippen molar-refractivity contribution >= 4 is 24.2 Å². The lowest BCUT2D eigenvalue weighted by atomic mass is 10.4. The van der Waals surface area contributed by atoms with E-state index >= 15 is 0 Å². The quantitative estimate of drug-likeness (QED) is 0.611. The molecule has 0 amide bonds. The molecule has 0 aromatic carbocycles. The minimum Gasteiger partial charge on any atom is -0.222 e. The molecule has 0 bridgehead atoms. The number of rotatable bonds is 3. The standard InChI is InChI=1S/C4H10.C2H2BrO3P/c1-3-4-2;1-2(3)6-7(4)5/h3-4H2,1-2H3;1H2/p+1. The topological polar surface area (TPSA) is 46.5 Å². The van der Waals surface area contributed by atoms with Crippen LogP contribution in [0.15, 0.2) is 11.2 Å². The third-order valence-corrected chi connectivity index (χ3v) is 1.47. The van der Waals surface area contributed by atoms with Crippen molar-refractivity contribution in [3.05, 3.63) is 11.2 Å². The van der Waals surface area contributed by atoms with Gasteiger partial charge in [-0.05, 0) is 22.5 Å². The van der Waals surface area contributed by atoms with Gasteiger partial charge in [-0.3, -0.25) is 0 Å². The summed E-state index contributed by atoms with van der Waals surface area (Å²) in [7, 11) is -2.54. The summed E-state index contributed by atoms with van der Waals surface area (Å²) in [5.74, 6) is 0. The first-order valence-corrected chi connectivity index (χ1v) is 5.15. The maximum atomic E-state index is 9.64. The van der Waals surface area contributed by atoms with E-state index in [4.69, 9.17) is 4.89 Å². The summed E-state index contributed by atoms with van der Waals surface area (Å²) in [6.07, 6.45) is 2.64. The highest BCUT2D eigenvalue weighted by atomic mass is 79.9. The second kappa shape index (κ2) is 10.1. The molecule has 1 atom stereocenters. The fraction of sp³-hybridized carbons (Fsp3) is 0.667. The molecule has 0 aromatic rings. The van der Waals surface area contributed by atoms with Gasteiger partial charge in [0.25, 0.3) is 0 Å². The monoisotopic (exact) mass is 243 g/mol. The SMILES string of the molecule is C=C(Br)O[P+](=O)O.CCCC. The Morgan fingerprint density at radius 1 is 1.64 bits per heavy atom. The first kappa shape index (κ1) is 13.7. The fourth-order valence-corrected chi connectivity index (χ4v) is 0.626. The zero-order valence-electron chi connectivity index (χ0n) is 6.71. The second-order valence-electron chi connectivity index (χ2n) is 1.68. The van der Waals surface area contributed by atoms with Gasteiger partial charge in [0.2, 0.25) is 4.67 Å². The van der Waals surface area contributed by atoms with Crippen molar-refractivity contribution in [1.29, 1.82) is 0 Å². The fourth-order valence-electron chi connectivity index (χ4n) is 0.0847. The molecule has 0 rings (SSSR count). The van der Waals surface area contributed by atoms with Crippen molar-refractivity contribution in [1.82, 2.24) is 0 Å². The van der Waals surface area contributed by atoms with E-state index in [1.165, 1.54) is 12.8 Å². The molecular weight excluding hydrogens is 231 g/mol. The van der Waals surface area contributed by atoms with Gasteiger partial charge in [0.1, 0.15) is 0 Å². The predicted molar refractivity (Wildman–Crippen MR) is 49.6 cm³/mol. The molecule has 0 aliphatic heterocycles. The first-order valence-electron chi connectivity index (χ1n) is 3.23. The van der Waals surface area contributed by atoms with E-state index in [1.807, 2.05) is 0 Å². The Kier molecular flexibility index (Phi) is 12.5. The molecule has 0 aliphatic rings. The maximum Gasteiger partial charge on any atom is 0.747 e. The van der Waals surface area contributed by atoms with Crippen LogP contribution in [-0.4, -0.2) is 4.89 Å².